The number of carbonyl (C=O) groups is 3. The Morgan fingerprint density at radius 2 is 1.64 bits per heavy atom. The Kier molecular flexibility index (Phi) is 17.1. The van der Waals surface area contributed by atoms with Gasteiger partial charge < -0.3 is 39.8 Å². The first-order valence-electron chi connectivity index (χ1n) is 24.2. The molecule has 1 saturated heterocycles. The fourth-order valence-corrected chi connectivity index (χ4v) is 10.2. The van der Waals surface area contributed by atoms with Crippen molar-refractivity contribution >= 4 is 40.0 Å². The summed E-state index contributed by atoms with van der Waals surface area (Å²) >= 11 is 1.56. The van der Waals surface area contributed by atoms with E-state index in [0.29, 0.717) is 44.6 Å². The number of hydrogen-bond acceptors (Lipinski definition) is 10. The van der Waals surface area contributed by atoms with Crippen LogP contribution < -0.4 is 15.4 Å². The summed E-state index contributed by atoms with van der Waals surface area (Å²) in [6.45, 7) is 13.5. The molecule has 2 aromatic heterocycles. The smallest absolute Gasteiger partial charge is 0.246 e. The molecule has 5 aromatic rings. The molecule has 3 aromatic carbocycles. The highest BCUT2D eigenvalue weighted by molar-refractivity contribution is 7.13. The normalized spacial score (nSPS) is 19.0. The molecule has 13 nitrogen and oxygen atoms in total. The highest BCUT2D eigenvalue weighted by atomic mass is 32.1. The van der Waals surface area contributed by atoms with Crippen molar-refractivity contribution in [3.8, 4) is 16.2 Å². The fraction of sp³-hybridized carbons (Fsp3) is 0.509. The molecule has 0 aliphatic carbocycles. The fourth-order valence-electron chi connectivity index (χ4n) is 9.41. The van der Waals surface area contributed by atoms with Crippen molar-refractivity contribution in [2.45, 2.75) is 123 Å². The van der Waals surface area contributed by atoms with Gasteiger partial charge in [-0.2, -0.15) is 0 Å². The van der Waals surface area contributed by atoms with Crippen molar-refractivity contribution in [3.63, 3.8) is 0 Å². The number of halogens is 3. The van der Waals surface area contributed by atoms with Gasteiger partial charge >= 0.3 is 0 Å². The van der Waals surface area contributed by atoms with Gasteiger partial charge in [0, 0.05) is 92.6 Å². The zero-order valence-electron chi connectivity index (χ0n) is 41.2. The van der Waals surface area contributed by atoms with Crippen molar-refractivity contribution < 1.29 is 46.9 Å². The second-order valence-electron chi connectivity index (χ2n) is 20.2. The number of unbranched alkanes of at least 4 members (excludes halogenated alkanes) is 1. The number of aryl methyl sites for hydroxylation is 1. The summed E-state index contributed by atoms with van der Waals surface area (Å²) in [4.78, 5) is 52.4. The van der Waals surface area contributed by atoms with Crippen LogP contribution in [0.5, 0.6) is 5.75 Å². The minimum absolute atomic E-state index is 0.0123. The van der Waals surface area contributed by atoms with Gasteiger partial charge in [-0.05, 0) is 75.1 Å². The molecule has 4 heterocycles. The van der Waals surface area contributed by atoms with Gasteiger partial charge in [0.05, 0.1) is 34.8 Å². The van der Waals surface area contributed by atoms with Crippen LogP contribution in [0.3, 0.4) is 0 Å². The van der Waals surface area contributed by atoms with Crippen molar-refractivity contribution in [1.29, 1.82) is 0 Å². The number of benzene rings is 3. The van der Waals surface area contributed by atoms with Gasteiger partial charge in [-0.1, -0.05) is 63.2 Å². The molecule has 70 heavy (non-hydrogen) atoms. The van der Waals surface area contributed by atoms with Crippen LogP contribution in [0.25, 0.3) is 21.3 Å². The lowest BCUT2D eigenvalue weighted by molar-refractivity contribution is -0.144. The van der Waals surface area contributed by atoms with Gasteiger partial charge in [0.25, 0.3) is 0 Å². The summed E-state index contributed by atoms with van der Waals surface area (Å²) in [6.07, 6.45) is 1.54. The molecule has 7 rings (SSSR count). The van der Waals surface area contributed by atoms with Gasteiger partial charge in [0.15, 0.2) is 0 Å². The molecule has 0 bridgehead atoms. The summed E-state index contributed by atoms with van der Waals surface area (Å²) in [7, 11) is 0. The molecule has 378 valence electrons. The molecule has 17 heteroatoms. The molecule has 3 amide bonds. The highest BCUT2D eigenvalue weighted by Crippen LogP contribution is 2.44. The van der Waals surface area contributed by atoms with Crippen molar-refractivity contribution in [2.24, 2.45) is 5.41 Å². The first kappa shape index (κ1) is 52.5. The number of thiazole rings is 1. The number of nitrogens with one attached hydrogen (secondary N) is 3. The Morgan fingerprint density at radius 3 is 2.31 bits per heavy atom. The molecule has 5 atom stereocenters. The van der Waals surface area contributed by atoms with E-state index in [1.807, 2.05) is 88.0 Å². The molecular weight excluding hydrogens is 922 g/mol. The minimum Gasteiger partial charge on any atom is -0.493 e. The SMILES string of the molecule is Cc1ncsc1-c1ccc(CNC(=O)[C@@H]2C[C@@H](O)CN2C(=O)C(NC(=O)COCCCCOCCCOc2cc(F)c([C@@H]3c4[nH]c5ccccc5c4C[C@@H](C)N3CC(C)(C)F)c(F)c2)C(C)(C)C)cc1. The second kappa shape index (κ2) is 22.8. The number of alkyl halides is 1. The van der Waals surface area contributed by atoms with Crippen LogP contribution in [-0.2, 0) is 36.8 Å². The van der Waals surface area contributed by atoms with E-state index in [1.54, 1.807) is 16.8 Å². The number of ether oxygens (including phenoxy) is 3. The number of H-pyrrole nitrogens is 1. The molecule has 1 unspecified atom stereocenters. The first-order valence-corrected chi connectivity index (χ1v) is 25.0. The Bertz CT molecular complexity index is 2570. The predicted molar refractivity (Wildman–Crippen MR) is 264 cm³/mol. The maximum Gasteiger partial charge on any atom is 0.246 e. The summed E-state index contributed by atoms with van der Waals surface area (Å²) in [5.41, 5.74) is 4.72. The van der Waals surface area contributed by atoms with Gasteiger partial charge in [-0.3, -0.25) is 19.3 Å². The van der Waals surface area contributed by atoms with Gasteiger partial charge in [0.1, 0.15) is 41.7 Å². The largest absolute Gasteiger partial charge is 0.493 e. The number of amides is 3. The van der Waals surface area contributed by atoms with Crippen LogP contribution in [-0.4, -0.2) is 119 Å². The zero-order chi connectivity index (χ0) is 50.3. The van der Waals surface area contributed by atoms with Gasteiger partial charge in [-0.15, -0.1) is 11.3 Å². The Balaban J connectivity index is 0.808. The molecule has 0 spiro atoms. The number of hydrogen-bond donors (Lipinski definition) is 4. The first-order chi connectivity index (χ1) is 33.3. The van der Waals surface area contributed by atoms with E-state index < -0.39 is 58.8 Å². The van der Waals surface area contributed by atoms with Gasteiger partial charge in [0.2, 0.25) is 17.7 Å². The number of fused-ring (bicyclic) bond motifs is 3. The average molecular weight is 989 g/mol. The lowest BCUT2D eigenvalue weighted by Crippen LogP contribution is -2.58. The van der Waals surface area contributed by atoms with Crippen LogP contribution in [0.4, 0.5) is 13.2 Å². The van der Waals surface area contributed by atoms with E-state index in [1.165, 1.54) is 30.9 Å². The number of β-amino-alcohol motifs (C(OH)–C–C–N with tert-alkyl or cyclic N) is 1. The summed E-state index contributed by atoms with van der Waals surface area (Å²) in [6, 6.07) is 15.0. The molecule has 2 aliphatic heterocycles. The maximum atomic E-state index is 16.0. The maximum absolute atomic E-state index is 16.0. The third-order valence-corrected chi connectivity index (χ3v) is 13.9. The third-order valence-electron chi connectivity index (χ3n) is 12.9. The number of carbonyl (C=O) groups excluding carboxylic acids is 3. The van der Waals surface area contributed by atoms with Crippen LogP contribution in [0.15, 0.2) is 66.2 Å². The molecular formula is C53H67F3N6O7S. The van der Waals surface area contributed by atoms with Crippen LogP contribution in [0, 0.1) is 24.0 Å². The third kappa shape index (κ3) is 12.9. The number of rotatable bonds is 21. The molecule has 2 aliphatic rings. The lowest BCUT2D eigenvalue weighted by atomic mass is 9.85. The van der Waals surface area contributed by atoms with Crippen LogP contribution in [0.2, 0.25) is 0 Å². The van der Waals surface area contributed by atoms with E-state index >= 15 is 13.2 Å². The summed E-state index contributed by atoms with van der Waals surface area (Å²) in [5, 5.41) is 17.3. The monoisotopic (exact) mass is 988 g/mol. The summed E-state index contributed by atoms with van der Waals surface area (Å²) in [5.74, 6) is -2.81. The van der Waals surface area contributed by atoms with Crippen LogP contribution in [0.1, 0.15) is 101 Å². The van der Waals surface area contributed by atoms with E-state index in [0.717, 1.165) is 38.2 Å². The Labute approximate surface area is 412 Å². The molecule has 0 saturated carbocycles. The lowest BCUT2D eigenvalue weighted by Gasteiger charge is -2.43. The quantitative estimate of drug-likeness (QED) is 0.0531. The zero-order valence-corrected chi connectivity index (χ0v) is 42.0. The van der Waals surface area contributed by atoms with E-state index in [9.17, 15) is 19.5 Å². The average Bonchev–Trinajstić information content (AvgIpc) is 4.02. The van der Waals surface area contributed by atoms with Crippen LogP contribution >= 0.6 is 11.3 Å². The number of nitrogens with zero attached hydrogens (tertiary/aromatic N) is 3. The van der Waals surface area contributed by atoms with Crippen molar-refractivity contribution in [3.05, 3.63) is 106 Å². The molecule has 1 fully saturated rings. The molecule has 0 radical (unpaired) electrons. The molecule has 4 N–H and O–H groups in total. The van der Waals surface area contributed by atoms with E-state index in [4.69, 9.17) is 14.2 Å². The predicted octanol–water partition coefficient (Wildman–Crippen LogP) is 8.35. The minimum atomic E-state index is -1.60. The van der Waals surface area contributed by atoms with Crippen molar-refractivity contribution in [1.82, 2.24) is 30.4 Å². The Hall–Kier alpha value is -5.33. The second-order valence-corrected chi connectivity index (χ2v) is 21.1. The topological polar surface area (TPSA) is 158 Å². The van der Waals surface area contributed by atoms with E-state index in [-0.39, 0.29) is 69.1 Å². The number of aliphatic hydroxyl groups is 1. The van der Waals surface area contributed by atoms with Gasteiger partial charge in [-0.25, -0.2) is 18.2 Å². The summed E-state index contributed by atoms with van der Waals surface area (Å²) < 4.78 is 64.3. The number of aliphatic hydroxyl groups excluding tert-OH is 1. The van der Waals surface area contributed by atoms with E-state index in [2.05, 4.69) is 20.6 Å². The number of aromatic nitrogens is 2. The number of aromatic amines is 1. The van der Waals surface area contributed by atoms with Crippen molar-refractivity contribution in [2.75, 3.05) is 46.1 Å². The highest BCUT2D eigenvalue weighted by Gasteiger charge is 2.45. The Morgan fingerprint density at radius 1 is 0.957 bits per heavy atom. The standard InChI is InChI=1S/C53H67F3N6O7S/c1-32-23-39-38-13-8-9-14-42(38)59-46(39)47(62(32)30-53(6,7)56)45-40(54)25-37(26-41(45)55)69-22-12-21-67-19-10-11-20-68-29-44(64)60-49(52(3,4)5)51(66)61-28-36(63)24-43(61)50(65)57-27-34-15-17-35(18-16-34)48-33(2)58-31-70-48/h8-9,13-18,25-26,31-32,36,43,47,49,59,63H,10-12,19-24,27-30H2,1-7H3,(H,57,65)(H,60,64)/t32-,36-,43+,47-,49?/m1/s1. The number of likely N-dealkylation sites (tertiary alicyclic amines) is 1. The number of para-hydroxylation sites is 1.